The molecule has 0 aromatic rings. The van der Waals surface area contributed by atoms with E-state index in [1.54, 1.807) is 6.08 Å². The number of carbonyl (C=O) groups is 1. The first kappa shape index (κ1) is 7.98. The summed E-state index contributed by atoms with van der Waals surface area (Å²) in [7, 11) is 3.79. The Morgan fingerprint density at radius 1 is 1.55 bits per heavy atom. The molecule has 1 heterocycles. The van der Waals surface area contributed by atoms with E-state index in [4.69, 9.17) is 0 Å². The molecule has 0 fully saturated rings. The molecular formula is C8H12N2O. The van der Waals surface area contributed by atoms with E-state index in [1.807, 2.05) is 25.9 Å². The molecule has 3 nitrogen and oxygen atoms in total. The fraction of sp³-hybridized carbons (Fsp3) is 0.500. The summed E-state index contributed by atoms with van der Waals surface area (Å²) in [6.07, 6.45) is 2.01. The molecule has 0 aliphatic carbocycles. The molecule has 0 aromatic carbocycles. The Morgan fingerprint density at radius 3 is 2.64 bits per heavy atom. The van der Waals surface area contributed by atoms with Gasteiger partial charge in [-0.05, 0) is 6.92 Å². The number of ketones is 1. The molecule has 0 bridgehead atoms. The van der Waals surface area contributed by atoms with Crippen LogP contribution in [0.3, 0.4) is 0 Å². The van der Waals surface area contributed by atoms with Crippen LogP contribution in [-0.2, 0) is 4.79 Å². The van der Waals surface area contributed by atoms with Crippen molar-refractivity contribution in [2.45, 2.75) is 13.3 Å². The summed E-state index contributed by atoms with van der Waals surface area (Å²) in [6, 6.07) is 0. The highest BCUT2D eigenvalue weighted by atomic mass is 16.1. The van der Waals surface area contributed by atoms with Gasteiger partial charge < -0.3 is 4.90 Å². The van der Waals surface area contributed by atoms with Crippen LogP contribution in [0, 0.1) is 0 Å². The van der Waals surface area contributed by atoms with E-state index >= 15 is 0 Å². The number of amidine groups is 1. The van der Waals surface area contributed by atoms with E-state index in [0.717, 1.165) is 11.5 Å². The van der Waals surface area contributed by atoms with E-state index in [1.165, 1.54) is 0 Å². The van der Waals surface area contributed by atoms with Gasteiger partial charge in [0.05, 0.1) is 6.42 Å². The van der Waals surface area contributed by atoms with Crippen molar-refractivity contribution in [2.75, 3.05) is 14.1 Å². The number of aliphatic imine (C=N–C) groups is 1. The van der Waals surface area contributed by atoms with Crippen LogP contribution in [0.25, 0.3) is 0 Å². The number of hydrogen-bond acceptors (Lipinski definition) is 3. The minimum atomic E-state index is 0.140. The third-order valence-electron chi connectivity index (χ3n) is 1.52. The highest BCUT2D eigenvalue weighted by Crippen LogP contribution is 2.07. The van der Waals surface area contributed by atoms with Crippen LogP contribution >= 0.6 is 0 Å². The van der Waals surface area contributed by atoms with Gasteiger partial charge in [0.1, 0.15) is 5.84 Å². The highest BCUT2D eigenvalue weighted by molar-refractivity contribution is 6.08. The lowest BCUT2D eigenvalue weighted by atomic mass is 10.2. The van der Waals surface area contributed by atoms with Crippen molar-refractivity contribution < 1.29 is 4.79 Å². The molecule has 0 aromatic heterocycles. The molecule has 0 N–H and O–H groups in total. The van der Waals surface area contributed by atoms with Gasteiger partial charge in [-0.3, -0.25) is 4.79 Å². The summed E-state index contributed by atoms with van der Waals surface area (Å²) in [4.78, 5) is 17.1. The lowest BCUT2D eigenvalue weighted by molar-refractivity contribution is -0.113. The van der Waals surface area contributed by atoms with Gasteiger partial charge in [-0.1, -0.05) is 0 Å². The molecule has 1 rings (SSSR count). The quantitative estimate of drug-likeness (QED) is 0.515. The minimum Gasteiger partial charge on any atom is -0.366 e. The molecule has 3 heteroatoms. The van der Waals surface area contributed by atoms with Gasteiger partial charge in [0, 0.05) is 25.9 Å². The molecule has 60 valence electrons. The van der Waals surface area contributed by atoms with E-state index in [0.29, 0.717) is 6.42 Å². The van der Waals surface area contributed by atoms with Crippen molar-refractivity contribution in [1.29, 1.82) is 0 Å². The van der Waals surface area contributed by atoms with Gasteiger partial charge in [0.25, 0.3) is 0 Å². The summed E-state index contributed by atoms with van der Waals surface area (Å²) < 4.78 is 0. The van der Waals surface area contributed by atoms with Crippen molar-refractivity contribution in [3.05, 3.63) is 11.8 Å². The topological polar surface area (TPSA) is 32.7 Å². The van der Waals surface area contributed by atoms with Crippen LogP contribution in [0.2, 0.25) is 0 Å². The van der Waals surface area contributed by atoms with Gasteiger partial charge >= 0.3 is 0 Å². The summed E-state index contributed by atoms with van der Waals surface area (Å²) in [5, 5.41) is 0. The summed E-state index contributed by atoms with van der Waals surface area (Å²) >= 11 is 0. The van der Waals surface area contributed by atoms with Crippen molar-refractivity contribution in [3.8, 4) is 0 Å². The number of rotatable bonds is 0. The molecule has 11 heavy (non-hydrogen) atoms. The SMILES string of the molecule is CC1=CC(=O)CC(N(C)C)=N1. The fourth-order valence-corrected chi connectivity index (χ4v) is 0.973. The van der Waals surface area contributed by atoms with Crippen molar-refractivity contribution in [1.82, 2.24) is 4.90 Å². The zero-order valence-corrected chi connectivity index (χ0v) is 7.09. The maximum Gasteiger partial charge on any atom is 0.164 e. The molecular weight excluding hydrogens is 140 g/mol. The van der Waals surface area contributed by atoms with Gasteiger partial charge in [-0.2, -0.15) is 0 Å². The van der Waals surface area contributed by atoms with E-state index in [9.17, 15) is 4.79 Å². The van der Waals surface area contributed by atoms with Crippen LogP contribution < -0.4 is 0 Å². The Morgan fingerprint density at radius 2 is 2.18 bits per heavy atom. The monoisotopic (exact) mass is 152 g/mol. The Hall–Kier alpha value is -1.12. The minimum absolute atomic E-state index is 0.140. The number of allylic oxidation sites excluding steroid dienone is 2. The van der Waals surface area contributed by atoms with E-state index in [2.05, 4.69) is 4.99 Å². The van der Waals surface area contributed by atoms with Crippen molar-refractivity contribution >= 4 is 11.6 Å². The van der Waals surface area contributed by atoms with Crippen molar-refractivity contribution in [2.24, 2.45) is 4.99 Å². The maximum atomic E-state index is 11.0. The van der Waals surface area contributed by atoms with Gasteiger partial charge in [0.2, 0.25) is 0 Å². The standard InChI is InChI=1S/C8H12N2O/c1-6-4-7(11)5-8(9-6)10(2)3/h4H,5H2,1-3H3. The van der Waals surface area contributed by atoms with E-state index in [-0.39, 0.29) is 5.78 Å². The molecule has 1 aliphatic heterocycles. The third-order valence-corrected chi connectivity index (χ3v) is 1.52. The molecule has 0 atom stereocenters. The van der Waals surface area contributed by atoms with Gasteiger partial charge in [0.15, 0.2) is 5.78 Å². The molecule has 0 saturated heterocycles. The second-order valence-corrected chi connectivity index (χ2v) is 2.85. The van der Waals surface area contributed by atoms with E-state index < -0.39 is 0 Å². The number of carbonyl (C=O) groups excluding carboxylic acids is 1. The number of hydrogen-bond donors (Lipinski definition) is 0. The first-order valence-electron chi connectivity index (χ1n) is 3.55. The summed E-state index contributed by atoms with van der Waals surface area (Å²) in [6.45, 7) is 1.83. The van der Waals surface area contributed by atoms with Gasteiger partial charge in [-0.25, -0.2) is 4.99 Å². The Labute approximate surface area is 66.4 Å². The molecule has 0 radical (unpaired) electrons. The van der Waals surface area contributed by atoms with Crippen LogP contribution in [0.4, 0.5) is 0 Å². The maximum absolute atomic E-state index is 11.0. The van der Waals surface area contributed by atoms with Gasteiger partial charge in [-0.15, -0.1) is 0 Å². The second-order valence-electron chi connectivity index (χ2n) is 2.85. The summed E-state index contributed by atoms with van der Waals surface area (Å²) in [5.74, 6) is 0.983. The predicted molar refractivity (Wildman–Crippen MR) is 44.5 cm³/mol. The predicted octanol–water partition coefficient (Wildman–Crippen LogP) is 0.823. The normalized spacial score (nSPS) is 17.5. The molecule has 0 amide bonds. The van der Waals surface area contributed by atoms with Crippen LogP contribution in [0.15, 0.2) is 16.8 Å². The zero-order chi connectivity index (χ0) is 8.43. The lowest BCUT2D eigenvalue weighted by Gasteiger charge is -2.17. The highest BCUT2D eigenvalue weighted by Gasteiger charge is 2.12. The molecule has 0 spiro atoms. The molecule has 0 saturated carbocycles. The van der Waals surface area contributed by atoms with Crippen molar-refractivity contribution in [3.63, 3.8) is 0 Å². The Balaban J connectivity index is 2.84. The Bertz CT molecular complexity index is 238. The second kappa shape index (κ2) is 2.86. The van der Waals surface area contributed by atoms with Crippen LogP contribution in [0.5, 0.6) is 0 Å². The first-order chi connectivity index (χ1) is 5.09. The zero-order valence-electron chi connectivity index (χ0n) is 7.09. The first-order valence-corrected chi connectivity index (χ1v) is 3.55. The van der Waals surface area contributed by atoms with Crippen LogP contribution in [-0.4, -0.2) is 30.6 Å². The smallest absolute Gasteiger partial charge is 0.164 e. The Kier molecular flexibility index (Phi) is 2.08. The average molecular weight is 152 g/mol. The molecule has 0 unspecified atom stereocenters. The number of nitrogens with zero attached hydrogens (tertiary/aromatic N) is 2. The summed E-state index contributed by atoms with van der Waals surface area (Å²) in [5.41, 5.74) is 0.796. The largest absolute Gasteiger partial charge is 0.366 e. The fourth-order valence-electron chi connectivity index (χ4n) is 0.973. The lowest BCUT2D eigenvalue weighted by Crippen LogP contribution is -2.26. The average Bonchev–Trinajstić information content (AvgIpc) is 1.85. The van der Waals surface area contributed by atoms with Crippen LogP contribution in [0.1, 0.15) is 13.3 Å². The third kappa shape index (κ3) is 1.90. The molecule has 1 aliphatic rings.